The van der Waals surface area contributed by atoms with E-state index in [9.17, 15) is 9.59 Å². The topological polar surface area (TPSA) is 61.8 Å². The molecule has 0 N–H and O–H groups in total. The largest absolute Gasteiger partial charge is 0.454 e. The lowest BCUT2D eigenvalue weighted by Crippen LogP contribution is -2.26. The molecule has 0 unspecified atom stereocenters. The smallest absolute Gasteiger partial charge is 0.331 e. The number of ketones is 1. The molecule has 0 atom stereocenters. The molecule has 0 aliphatic rings. The maximum Gasteiger partial charge on any atom is 0.331 e. The highest BCUT2D eigenvalue weighted by Gasteiger charge is 2.12. The van der Waals surface area contributed by atoms with Crippen molar-refractivity contribution in [2.24, 2.45) is 0 Å². The molecule has 0 heterocycles. The fraction of sp³-hybridized carbons (Fsp3) is 0.600. The van der Waals surface area contributed by atoms with E-state index in [-0.39, 0.29) is 19.0 Å². The zero-order valence-electron chi connectivity index (χ0n) is 9.19. The summed E-state index contributed by atoms with van der Waals surface area (Å²) in [5.41, 5.74) is 0. The van der Waals surface area contributed by atoms with E-state index in [2.05, 4.69) is 0 Å². The summed E-state index contributed by atoms with van der Waals surface area (Å²) in [6, 6.07) is 0. The molecule has 0 aromatic rings. The third kappa shape index (κ3) is 7.84. The minimum atomic E-state index is -0.579. The third-order valence-electron chi connectivity index (χ3n) is 1.44. The standard InChI is InChI=1S/C10H16O5/c1-8(11)4-5-10(12)15-9(6-13-2)7-14-3/h4-5,9H,6-7H2,1-3H3/b5-4-. The van der Waals surface area contributed by atoms with Crippen LogP contribution < -0.4 is 0 Å². The fourth-order valence-corrected chi connectivity index (χ4v) is 0.877. The predicted molar refractivity (Wildman–Crippen MR) is 53.5 cm³/mol. The maximum atomic E-state index is 11.1. The van der Waals surface area contributed by atoms with Crippen LogP contribution in [-0.4, -0.2) is 45.3 Å². The second-order valence-corrected chi connectivity index (χ2v) is 2.91. The monoisotopic (exact) mass is 216 g/mol. The zero-order valence-corrected chi connectivity index (χ0v) is 9.19. The highest BCUT2D eigenvalue weighted by Crippen LogP contribution is 1.96. The van der Waals surface area contributed by atoms with Crippen molar-refractivity contribution < 1.29 is 23.8 Å². The van der Waals surface area contributed by atoms with Gasteiger partial charge in [0.05, 0.1) is 13.2 Å². The van der Waals surface area contributed by atoms with Gasteiger partial charge in [0.2, 0.25) is 0 Å². The Morgan fingerprint density at radius 1 is 1.13 bits per heavy atom. The molecule has 86 valence electrons. The van der Waals surface area contributed by atoms with Crippen LogP contribution in [-0.2, 0) is 23.8 Å². The molecule has 0 aliphatic heterocycles. The van der Waals surface area contributed by atoms with Gasteiger partial charge in [-0.1, -0.05) is 0 Å². The van der Waals surface area contributed by atoms with Gasteiger partial charge in [0.25, 0.3) is 0 Å². The molecule has 0 aromatic carbocycles. The average Bonchev–Trinajstić information content (AvgIpc) is 2.15. The Morgan fingerprint density at radius 2 is 1.67 bits per heavy atom. The first-order chi connectivity index (χ1) is 7.10. The number of hydrogen-bond acceptors (Lipinski definition) is 5. The van der Waals surface area contributed by atoms with Crippen molar-refractivity contribution in [3.05, 3.63) is 12.2 Å². The van der Waals surface area contributed by atoms with Crippen LogP contribution in [0.25, 0.3) is 0 Å². The summed E-state index contributed by atoms with van der Waals surface area (Å²) >= 11 is 0. The lowest BCUT2D eigenvalue weighted by Gasteiger charge is -2.14. The van der Waals surface area contributed by atoms with Gasteiger partial charge in [-0.3, -0.25) is 4.79 Å². The molecule has 0 rings (SSSR count). The number of carbonyl (C=O) groups is 2. The van der Waals surface area contributed by atoms with Crippen LogP contribution in [0, 0.1) is 0 Å². The van der Waals surface area contributed by atoms with E-state index in [4.69, 9.17) is 14.2 Å². The molecule has 0 bridgehead atoms. The third-order valence-corrected chi connectivity index (χ3v) is 1.44. The fourth-order valence-electron chi connectivity index (χ4n) is 0.877. The summed E-state index contributed by atoms with van der Waals surface area (Å²) in [5, 5.41) is 0. The van der Waals surface area contributed by atoms with Gasteiger partial charge in [0.1, 0.15) is 6.10 Å². The summed E-state index contributed by atoms with van der Waals surface area (Å²) in [4.78, 5) is 21.7. The minimum absolute atomic E-state index is 0.206. The van der Waals surface area contributed by atoms with E-state index < -0.39 is 12.1 Å². The molecule has 0 saturated heterocycles. The Balaban J connectivity index is 4.04. The van der Waals surface area contributed by atoms with Crippen molar-refractivity contribution in [2.45, 2.75) is 13.0 Å². The van der Waals surface area contributed by atoms with Gasteiger partial charge in [-0.15, -0.1) is 0 Å². The molecular weight excluding hydrogens is 200 g/mol. The van der Waals surface area contributed by atoms with Gasteiger partial charge in [-0.25, -0.2) is 4.79 Å². The van der Waals surface area contributed by atoms with E-state index in [0.717, 1.165) is 12.2 Å². The Kier molecular flexibility index (Phi) is 7.49. The first-order valence-electron chi connectivity index (χ1n) is 4.47. The van der Waals surface area contributed by atoms with E-state index in [1.165, 1.54) is 21.1 Å². The molecule has 0 radical (unpaired) electrons. The molecule has 0 spiro atoms. The summed E-state index contributed by atoms with van der Waals surface area (Å²) in [6.45, 7) is 1.87. The Hall–Kier alpha value is -1.20. The summed E-state index contributed by atoms with van der Waals surface area (Å²) < 4.78 is 14.6. The first-order valence-corrected chi connectivity index (χ1v) is 4.47. The van der Waals surface area contributed by atoms with E-state index in [0.29, 0.717) is 0 Å². The number of ether oxygens (including phenoxy) is 3. The quantitative estimate of drug-likeness (QED) is 0.453. The molecule has 0 aliphatic carbocycles. The normalized spacial score (nSPS) is 10.9. The number of allylic oxidation sites excluding steroid dienone is 1. The minimum Gasteiger partial charge on any atom is -0.454 e. The Labute approximate surface area is 89.0 Å². The van der Waals surface area contributed by atoms with Crippen molar-refractivity contribution >= 4 is 11.8 Å². The lowest BCUT2D eigenvalue weighted by atomic mass is 10.3. The number of rotatable bonds is 7. The van der Waals surface area contributed by atoms with Crippen molar-refractivity contribution in [3.63, 3.8) is 0 Å². The van der Waals surface area contributed by atoms with E-state index in [1.54, 1.807) is 0 Å². The van der Waals surface area contributed by atoms with Crippen LogP contribution in [0.15, 0.2) is 12.2 Å². The van der Waals surface area contributed by atoms with Gasteiger partial charge >= 0.3 is 5.97 Å². The number of hydrogen-bond donors (Lipinski definition) is 0. The Bertz CT molecular complexity index is 228. The zero-order chi connectivity index (χ0) is 11.7. The van der Waals surface area contributed by atoms with Gasteiger partial charge in [0, 0.05) is 20.3 Å². The molecule has 0 saturated carbocycles. The molecule has 0 amide bonds. The number of esters is 1. The van der Waals surface area contributed by atoms with Crippen molar-refractivity contribution in [1.29, 1.82) is 0 Å². The number of methoxy groups -OCH3 is 2. The SMILES string of the molecule is COCC(COC)OC(=O)/C=C\C(C)=O. The van der Waals surface area contributed by atoms with E-state index >= 15 is 0 Å². The maximum absolute atomic E-state index is 11.1. The molecular formula is C10H16O5. The lowest BCUT2D eigenvalue weighted by molar-refractivity contribution is -0.148. The van der Waals surface area contributed by atoms with Gasteiger partial charge in [0.15, 0.2) is 5.78 Å². The first kappa shape index (κ1) is 13.8. The molecule has 0 fully saturated rings. The summed E-state index contributed by atoms with van der Waals surface area (Å²) in [5.74, 6) is -0.786. The molecule has 15 heavy (non-hydrogen) atoms. The van der Waals surface area contributed by atoms with Crippen LogP contribution in [0.4, 0.5) is 0 Å². The average molecular weight is 216 g/mol. The second-order valence-electron chi connectivity index (χ2n) is 2.91. The molecule has 5 nitrogen and oxygen atoms in total. The van der Waals surface area contributed by atoms with Gasteiger partial charge in [-0.05, 0) is 13.0 Å². The van der Waals surface area contributed by atoms with Crippen LogP contribution in [0.3, 0.4) is 0 Å². The van der Waals surface area contributed by atoms with Crippen LogP contribution >= 0.6 is 0 Å². The summed E-state index contributed by atoms with van der Waals surface area (Å²) in [7, 11) is 3.00. The van der Waals surface area contributed by atoms with E-state index in [1.807, 2.05) is 0 Å². The Morgan fingerprint density at radius 3 is 2.07 bits per heavy atom. The predicted octanol–water partition coefficient (Wildman–Crippen LogP) is 0.336. The highest BCUT2D eigenvalue weighted by molar-refractivity contribution is 5.94. The summed E-state index contributed by atoms with van der Waals surface area (Å²) in [6.07, 6.45) is 1.78. The van der Waals surface area contributed by atoms with Crippen LogP contribution in [0.2, 0.25) is 0 Å². The highest BCUT2D eigenvalue weighted by atomic mass is 16.6. The second kappa shape index (κ2) is 8.14. The molecule has 5 heteroatoms. The van der Waals surface area contributed by atoms with Crippen molar-refractivity contribution in [3.8, 4) is 0 Å². The van der Waals surface area contributed by atoms with Gasteiger partial charge < -0.3 is 14.2 Å². The molecule has 0 aromatic heterocycles. The van der Waals surface area contributed by atoms with Gasteiger partial charge in [-0.2, -0.15) is 0 Å². The van der Waals surface area contributed by atoms with Crippen molar-refractivity contribution in [2.75, 3.05) is 27.4 Å². The number of carbonyl (C=O) groups excluding carboxylic acids is 2. The van der Waals surface area contributed by atoms with Crippen molar-refractivity contribution in [1.82, 2.24) is 0 Å². The van der Waals surface area contributed by atoms with Crippen LogP contribution in [0.1, 0.15) is 6.92 Å². The van der Waals surface area contributed by atoms with Crippen LogP contribution in [0.5, 0.6) is 0 Å².